The molecule has 1 unspecified atom stereocenters. The number of pyridine rings is 1. The molecule has 2 bridgehead atoms. The van der Waals surface area contributed by atoms with Crippen LogP contribution in [0.1, 0.15) is 83.6 Å². The molecule has 11 nitrogen and oxygen atoms in total. The molecule has 8 rings (SSSR count). The van der Waals surface area contributed by atoms with Gasteiger partial charge in [-0.3, -0.25) is 14.3 Å². The van der Waals surface area contributed by atoms with Gasteiger partial charge in [0.2, 0.25) is 0 Å². The lowest BCUT2D eigenvalue weighted by atomic mass is 9.68. The number of methoxy groups -OCH3 is 1. The number of benzene rings is 1. The topological polar surface area (TPSA) is 124 Å². The lowest BCUT2D eigenvalue weighted by Crippen LogP contribution is -2.49. The predicted molar refractivity (Wildman–Crippen MR) is 204 cm³/mol. The number of nitrogens with one attached hydrogen (secondary N) is 1. The number of carbonyl (C=O) groups excluding carboxylic acids is 2. The Hall–Kier alpha value is -3.71. The molecule has 1 saturated carbocycles. The van der Waals surface area contributed by atoms with Gasteiger partial charge >= 0.3 is 5.91 Å². The van der Waals surface area contributed by atoms with Crippen molar-refractivity contribution >= 4 is 39.1 Å². The van der Waals surface area contributed by atoms with Crippen molar-refractivity contribution in [1.82, 2.24) is 14.3 Å². The summed E-state index contributed by atoms with van der Waals surface area (Å²) < 4.78 is 42.2. The van der Waals surface area contributed by atoms with E-state index in [-0.39, 0.29) is 23.1 Å². The fourth-order valence-corrected chi connectivity index (χ4v) is 10.9. The first-order chi connectivity index (χ1) is 25.6. The Morgan fingerprint density at radius 1 is 1.17 bits per heavy atom. The molecule has 0 radical (unpaired) electrons. The minimum absolute atomic E-state index is 0.0503. The van der Waals surface area contributed by atoms with Crippen LogP contribution in [0.2, 0.25) is 5.02 Å². The van der Waals surface area contributed by atoms with Crippen molar-refractivity contribution in [2.45, 2.75) is 82.3 Å². The highest BCUT2D eigenvalue weighted by atomic mass is 35.5. The molecule has 3 aromatic rings. The molecular weight excluding hydrogens is 714 g/mol. The fraction of sp³-hybridized carbons (Fsp3) is 0.525. The van der Waals surface area contributed by atoms with Gasteiger partial charge in [-0.25, -0.2) is 9.19 Å². The number of aryl methyl sites for hydroxylation is 1. The summed E-state index contributed by atoms with van der Waals surface area (Å²) in [5.41, 5.74) is 3.45. The van der Waals surface area contributed by atoms with E-state index in [0.717, 1.165) is 42.8 Å². The van der Waals surface area contributed by atoms with Gasteiger partial charge in [-0.05, 0) is 105 Å². The number of aromatic nitrogens is 2. The van der Waals surface area contributed by atoms with Crippen molar-refractivity contribution in [3.8, 4) is 5.75 Å². The lowest BCUT2D eigenvalue weighted by Gasteiger charge is -2.45. The minimum atomic E-state index is -3.65. The highest BCUT2D eigenvalue weighted by Gasteiger charge is 2.45. The van der Waals surface area contributed by atoms with Crippen molar-refractivity contribution in [3.63, 3.8) is 0 Å². The van der Waals surface area contributed by atoms with E-state index in [0.29, 0.717) is 74.8 Å². The Kier molecular flexibility index (Phi) is 9.93. The number of hydrogen-bond donors (Lipinski definition) is 1. The van der Waals surface area contributed by atoms with Crippen molar-refractivity contribution in [1.29, 1.82) is 0 Å². The highest BCUT2D eigenvalue weighted by Crippen LogP contribution is 2.46. The van der Waals surface area contributed by atoms with Gasteiger partial charge in [0.25, 0.3) is 5.91 Å². The SMILES string of the molecule is CO[C@H]1/C=C/C[C@H](C)[C@@H](C)S(=O)(NC(=O)c2cc3n(c2)CCOC3)=NC(=O)c2ccc3c(n2)N(C[C@@H]2CC[C@H]21)C[C@@]1(CCCc2cc(Cl)ccc21)CO3. The molecule has 0 saturated heterocycles. The van der Waals surface area contributed by atoms with Crippen LogP contribution < -0.4 is 14.4 Å². The lowest BCUT2D eigenvalue weighted by molar-refractivity contribution is 0.0131. The Labute approximate surface area is 316 Å². The van der Waals surface area contributed by atoms with Crippen LogP contribution in [0.4, 0.5) is 5.82 Å². The van der Waals surface area contributed by atoms with E-state index >= 15 is 0 Å². The first-order valence-electron chi connectivity index (χ1n) is 18.8. The Bertz CT molecular complexity index is 2050. The van der Waals surface area contributed by atoms with E-state index in [1.54, 1.807) is 38.4 Å². The number of carbonyl (C=O) groups is 2. The molecule has 2 aliphatic carbocycles. The summed E-state index contributed by atoms with van der Waals surface area (Å²) >= 11 is 6.46. The number of fused-ring (bicyclic) bond motifs is 5. The summed E-state index contributed by atoms with van der Waals surface area (Å²) in [7, 11) is -1.89. The first kappa shape index (κ1) is 36.3. The molecule has 2 aromatic heterocycles. The van der Waals surface area contributed by atoms with Crippen LogP contribution >= 0.6 is 11.6 Å². The molecule has 53 heavy (non-hydrogen) atoms. The quantitative estimate of drug-likeness (QED) is 0.300. The molecule has 7 atom stereocenters. The van der Waals surface area contributed by atoms with E-state index in [9.17, 15) is 13.8 Å². The summed E-state index contributed by atoms with van der Waals surface area (Å²) in [6, 6.07) is 11.3. The first-order valence-corrected chi connectivity index (χ1v) is 20.8. The molecule has 1 N–H and O–H groups in total. The zero-order valence-corrected chi connectivity index (χ0v) is 32.2. The fourth-order valence-electron chi connectivity index (χ4n) is 8.87. The Balaban J connectivity index is 1.20. The number of ether oxygens (including phenoxy) is 3. The summed E-state index contributed by atoms with van der Waals surface area (Å²) in [5, 5.41) is 0.0541. The van der Waals surface area contributed by atoms with Gasteiger partial charge in [0.05, 0.1) is 36.7 Å². The van der Waals surface area contributed by atoms with Gasteiger partial charge in [-0.1, -0.05) is 36.7 Å². The molecule has 2 amide bonds. The maximum Gasteiger partial charge on any atom is 0.305 e. The molecule has 282 valence electrons. The zero-order valence-electron chi connectivity index (χ0n) is 30.6. The van der Waals surface area contributed by atoms with Crippen molar-refractivity contribution in [2.75, 3.05) is 38.3 Å². The van der Waals surface area contributed by atoms with Crippen molar-refractivity contribution in [3.05, 3.63) is 87.8 Å². The molecule has 5 heterocycles. The van der Waals surface area contributed by atoms with E-state index in [1.807, 2.05) is 17.6 Å². The predicted octanol–water partition coefficient (Wildman–Crippen LogP) is 6.52. The van der Waals surface area contributed by atoms with Gasteiger partial charge in [-0.2, -0.15) is 0 Å². The highest BCUT2D eigenvalue weighted by molar-refractivity contribution is 7.93. The van der Waals surface area contributed by atoms with Crippen LogP contribution in [0.15, 0.2) is 59.1 Å². The second-order valence-electron chi connectivity index (χ2n) is 15.5. The second kappa shape index (κ2) is 14.5. The largest absolute Gasteiger partial charge is 0.489 e. The van der Waals surface area contributed by atoms with Gasteiger partial charge in [0.15, 0.2) is 11.6 Å². The number of nitrogens with zero attached hydrogens (tertiary/aromatic N) is 4. The van der Waals surface area contributed by atoms with Gasteiger partial charge in [-0.15, -0.1) is 4.36 Å². The second-order valence-corrected chi connectivity index (χ2v) is 18.2. The van der Waals surface area contributed by atoms with Gasteiger partial charge in [0.1, 0.15) is 15.6 Å². The maximum atomic E-state index is 14.9. The maximum absolute atomic E-state index is 14.9. The summed E-state index contributed by atoms with van der Waals surface area (Å²) in [5.74, 6) is 0.323. The summed E-state index contributed by atoms with van der Waals surface area (Å²) in [6.07, 6.45) is 11.5. The van der Waals surface area contributed by atoms with Crippen molar-refractivity contribution in [2.24, 2.45) is 22.1 Å². The molecular formula is C40H48ClN5O6S. The molecule has 1 spiro atoms. The summed E-state index contributed by atoms with van der Waals surface area (Å²) in [4.78, 5) is 35.1. The van der Waals surface area contributed by atoms with Gasteiger partial charge in [0, 0.05) is 49.1 Å². The monoisotopic (exact) mass is 761 g/mol. The Morgan fingerprint density at radius 2 is 2.04 bits per heavy atom. The zero-order chi connectivity index (χ0) is 36.9. The van der Waals surface area contributed by atoms with E-state index in [1.165, 1.54) is 11.1 Å². The number of allylic oxidation sites excluding steroid dienone is 1. The Morgan fingerprint density at radius 3 is 2.83 bits per heavy atom. The number of anilines is 1. The third-order valence-electron chi connectivity index (χ3n) is 12.3. The molecule has 1 fully saturated rings. The van der Waals surface area contributed by atoms with Crippen LogP contribution in [0.3, 0.4) is 0 Å². The van der Waals surface area contributed by atoms with E-state index in [2.05, 4.69) is 38.3 Å². The molecule has 3 aliphatic heterocycles. The average molecular weight is 762 g/mol. The normalized spacial score (nSPS) is 31.8. The number of rotatable bonds is 3. The van der Waals surface area contributed by atoms with Crippen LogP contribution in [0.25, 0.3) is 0 Å². The summed E-state index contributed by atoms with van der Waals surface area (Å²) in [6.45, 7) is 7.15. The number of hydrogen-bond acceptors (Lipinski definition) is 8. The van der Waals surface area contributed by atoms with E-state index in [4.69, 9.17) is 30.8 Å². The van der Waals surface area contributed by atoms with Crippen LogP contribution in [-0.2, 0) is 44.4 Å². The number of amides is 2. The van der Waals surface area contributed by atoms with E-state index < -0.39 is 27.0 Å². The van der Waals surface area contributed by atoms with Crippen molar-refractivity contribution < 1.29 is 28.0 Å². The van der Waals surface area contributed by atoms with Gasteiger partial charge < -0.3 is 23.7 Å². The third kappa shape index (κ3) is 6.92. The number of halogens is 1. The third-order valence-corrected chi connectivity index (χ3v) is 14.9. The smallest absolute Gasteiger partial charge is 0.305 e. The minimum Gasteiger partial charge on any atom is -0.489 e. The molecule has 13 heteroatoms. The van der Waals surface area contributed by atoms with Crippen LogP contribution in [-0.4, -0.2) is 70.3 Å². The van der Waals surface area contributed by atoms with Crippen LogP contribution in [0.5, 0.6) is 5.75 Å². The standard InChI is InChI=1S/C40H48ClN5O6S/c1-25-6-4-8-35(50-3)32-11-9-28(32)20-46-23-40(15-5-7-27-18-30(41)10-12-33(27)40)24-52-36-14-13-34(42-37(36)46)39(48)44-53(49,26(25)2)43-38(47)29-19-31-22-51-17-16-45(31)21-29/h4,8,10,12-14,18-19,21,25-26,28,32,35H,5-7,9,11,15-17,20,22-24H2,1-3H3,(H,43,44,47,48,49)/b8-4+/t25-,26+,28-,32+,35-,40-,53?/m0/s1. The average Bonchev–Trinajstić information content (AvgIpc) is 3.52. The van der Waals surface area contributed by atoms with Crippen LogP contribution in [0, 0.1) is 17.8 Å². The molecule has 1 aromatic carbocycles. The molecule has 5 aliphatic rings.